The Labute approximate surface area is 145 Å². The second-order valence-corrected chi connectivity index (χ2v) is 8.36. The molecule has 24 heavy (non-hydrogen) atoms. The number of aryl methyl sites for hydroxylation is 1. The van der Waals surface area contributed by atoms with Gasteiger partial charge in [0.2, 0.25) is 11.8 Å². The van der Waals surface area contributed by atoms with Crippen molar-refractivity contribution in [1.82, 2.24) is 20.1 Å². The number of nitrogens with zero attached hydrogens (tertiary/aromatic N) is 4. The van der Waals surface area contributed by atoms with E-state index < -0.39 is 0 Å². The van der Waals surface area contributed by atoms with E-state index in [0.29, 0.717) is 17.7 Å². The van der Waals surface area contributed by atoms with Crippen molar-refractivity contribution in [1.29, 1.82) is 0 Å². The average molecular weight is 346 g/mol. The van der Waals surface area contributed by atoms with Crippen molar-refractivity contribution >= 4 is 11.3 Å². The summed E-state index contributed by atoms with van der Waals surface area (Å²) in [7, 11) is 0. The van der Waals surface area contributed by atoms with E-state index in [0.717, 1.165) is 37.0 Å². The molecule has 0 unspecified atom stereocenters. The zero-order chi connectivity index (χ0) is 16.1. The highest BCUT2D eigenvalue weighted by Crippen LogP contribution is 2.43. The molecule has 0 amide bonds. The largest absolute Gasteiger partial charge is 0.422 e. The molecule has 128 valence electrons. The third kappa shape index (κ3) is 2.89. The Morgan fingerprint density at radius 1 is 1.25 bits per heavy atom. The zero-order valence-corrected chi connectivity index (χ0v) is 14.7. The third-order valence-corrected chi connectivity index (χ3v) is 6.17. The van der Waals surface area contributed by atoms with Crippen LogP contribution < -0.4 is 0 Å². The van der Waals surface area contributed by atoms with E-state index in [1.165, 1.54) is 25.0 Å². The fourth-order valence-corrected chi connectivity index (χ4v) is 4.48. The van der Waals surface area contributed by atoms with Crippen molar-refractivity contribution < 1.29 is 9.15 Å². The number of rotatable bonds is 4. The Kier molecular flexibility index (Phi) is 3.68. The number of hydrogen-bond donors (Lipinski definition) is 0. The van der Waals surface area contributed by atoms with Crippen LogP contribution in [0.15, 0.2) is 9.80 Å². The predicted molar refractivity (Wildman–Crippen MR) is 88.7 cm³/mol. The van der Waals surface area contributed by atoms with Gasteiger partial charge < -0.3 is 9.15 Å². The molecular formula is C17H22N4O2S. The summed E-state index contributed by atoms with van der Waals surface area (Å²) in [4.78, 5) is 7.04. The first-order valence-corrected chi connectivity index (χ1v) is 9.74. The predicted octanol–water partition coefficient (Wildman–Crippen LogP) is 3.06. The van der Waals surface area contributed by atoms with Crippen LogP contribution in [0.3, 0.4) is 0 Å². The SMILES string of the molecule is Cc1nc(CN2CC[C@H]3C[C@H](c4nnc(C5CC5)o4)O[C@@H]3C2)cs1. The van der Waals surface area contributed by atoms with Crippen LogP contribution in [0.4, 0.5) is 0 Å². The Bertz CT molecular complexity index is 726. The first-order valence-electron chi connectivity index (χ1n) is 8.86. The normalized spacial score (nSPS) is 30.6. The molecule has 2 aliphatic heterocycles. The molecule has 3 fully saturated rings. The summed E-state index contributed by atoms with van der Waals surface area (Å²) in [6, 6.07) is 0. The molecule has 2 aromatic rings. The molecule has 3 atom stereocenters. The molecule has 0 spiro atoms. The van der Waals surface area contributed by atoms with Crippen LogP contribution in [-0.2, 0) is 11.3 Å². The highest BCUT2D eigenvalue weighted by atomic mass is 32.1. The summed E-state index contributed by atoms with van der Waals surface area (Å²) in [6.45, 7) is 5.08. The lowest BCUT2D eigenvalue weighted by Gasteiger charge is -2.33. The monoisotopic (exact) mass is 346 g/mol. The molecule has 3 aliphatic rings. The van der Waals surface area contributed by atoms with E-state index in [-0.39, 0.29) is 12.2 Å². The first kappa shape index (κ1) is 15.0. The maximum atomic E-state index is 6.28. The summed E-state index contributed by atoms with van der Waals surface area (Å²) < 4.78 is 12.1. The van der Waals surface area contributed by atoms with Crippen LogP contribution in [0.5, 0.6) is 0 Å². The van der Waals surface area contributed by atoms with Crippen LogP contribution in [0.25, 0.3) is 0 Å². The van der Waals surface area contributed by atoms with Crippen molar-refractivity contribution in [3.05, 3.63) is 27.9 Å². The van der Waals surface area contributed by atoms with Gasteiger partial charge in [0.1, 0.15) is 6.10 Å². The number of aromatic nitrogens is 3. The minimum atomic E-state index is -0.0125. The Hall–Kier alpha value is -1.31. The molecule has 2 saturated heterocycles. The van der Waals surface area contributed by atoms with Crippen molar-refractivity contribution in [2.45, 2.75) is 57.3 Å². The standard InChI is InChI=1S/C17H22N4O2S/c1-10-18-13(9-24-10)7-21-5-4-12-6-14(22-15(12)8-21)17-20-19-16(23-17)11-2-3-11/h9,11-12,14-15H,2-8H2,1H3/t12-,14+,15+/m0/s1. The lowest BCUT2D eigenvalue weighted by atomic mass is 9.92. The molecule has 0 radical (unpaired) electrons. The highest BCUT2D eigenvalue weighted by Gasteiger charge is 2.42. The van der Waals surface area contributed by atoms with Crippen LogP contribution in [0, 0.1) is 12.8 Å². The number of ether oxygens (including phenoxy) is 1. The molecule has 0 aromatic carbocycles. The number of piperidine rings is 1. The lowest BCUT2D eigenvalue weighted by Crippen LogP contribution is -2.41. The third-order valence-electron chi connectivity index (χ3n) is 5.35. The van der Waals surface area contributed by atoms with Gasteiger partial charge in [-0.25, -0.2) is 4.98 Å². The van der Waals surface area contributed by atoms with Crippen molar-refractivity contribution in [2.24, 2.45) is 5.92 Å². The first-order chi connectivity index (χ1) is 11.7. The lowest BCUT2D eigenvalue weighted by molar-refractivity contribution is -0.0179. The average Bonchev–Trinajstić information content (AvgIpc) is 2.98. The second-order valence-electron chi connectivity index (χ2n) is 7.29. The van der Waals surface area contributed by atoms with Crippen molar-refractivity contribution in [2.75, 3.05) is 13.1 Å². The van der Waals surface area contributed by atoms with E-state index in [4.69, 9.17) is 9.15 Å². The Balaban J connectivity index is 1.22. The summed E-state index contributed by atoms with van der Waals surface area (Å²) in [6.07, 6.45) is 4.82. The molecule has 6 nitrogen and oxygen atoms in total. The molecule has 7 heteroatoms. The molecule has 4 heterocycles. The summed E-state index contributed by atoms with van der Waals surface area (Å²) in [5, 5.41) is 11.7. The molecule has 0 bridgehead atoms. The van der Waals surface area contributed by atoms with E-state index in [1.807, 2.05) is 0 Å². The van der Waals surface area contributed by atoms with Crippen molar-refractivity contribution in [3.63, 3.8) is 0 Å². The van der Waals surface area contributed by atoms with E-state index in [9.17, 15) is 0 Å². The zero-order valence-electron chi connectivity index (χ0n) is 13.9. The van der Waals surface area contributed by atoms with Gasteiger partial charge in [-0.2, -0.15) is 0 Å². The summed E-state index contributed by atoms with van der Waals surface area (Å²) >= 11 is 1.72. The van der Waals surface area contributed by atoms with Crippen LogP contribution in [0.2, 0.25) is 0 Å². The van der Waals surface area contributed by atoms with Gasteiger partial charge in [-0.1, -0.05) is 0 Å². The fraction of sp³-hybridized carbons (Fsp3) is 0.706. The number of likely N-dealkylation sites (tertiary alicyclic amines) is 1. The smallest absolute Gasteiger partial charge is 0.245 e. The van der Waals surface area contributed by atoms with E-state index >= 15 is 0 Å². The van der Waals surface area contributed by atoms with E-state index in [1.54, 1.807) is 11.3 Å². The van der Waals surface area contributed by atoms with Gasteiger partial charge in [0.15, 0.2) is 0 Å². The minimum absolute atomic E-state index is 0.0125. The molecular weight excluding hydrogens is 324 g/mol. The highest BCUT2D eigenvalue weighted by molar-refractivity contribution is 7.09. The Morgan fingerprint density at radius 2 is 2.12 bits per heavy atom. The van der Waals surface area contributed by atoms with Gasteiger partial charge in [0, 0.05) is 24.4 Å². The topological polar surface area (TPSA) is 64.3 Å². The number of hydrogen-bond acceptors (Lipinski definition) is 7. The quantitative estimate of drug-likeness (QED) is 0.848. The van der Waals surface area contributed by atoms with Crippen molar-refractivity contribution in [3.8, 4) is 0 Å². The van der Waals surface area contributed by atoms with Gasteiger partial charge in [-0.3, -0.25) is 4.90 Å². The molecule has 1 aliphatic carbocycles. The van der Waals surface area contributed by atoms with E-state index in [2.05, 4.69) is 32.4 Å². The number of thiazole rings is 1. The second kappa shape index (κ2) is 5.89. The number of fused-ring (bicyclic) bond motifs is 1. The van der Waals surface area contributed by atoms with Gasteiger partial charge in [0.25, 0.3) is 0 Å². The van der Waals surface area contributed by atoms with Crippen LogP contribution in [-0.4, -0.2) is 39.3 Å². The molecule has 1 saturated carbocycles. The maximum Gasteiger partial charge on any atom is 0.245 e. The minimum Gasteiger partial charge on any atom is -0.422 e. The van der Waals surface area contributed by atoms with Crippen LogP contribution in [0.1, 0.15) is 60.2 Å². The summed E-state index contributed by atoms with van der Waals surface area (Å²) in [5.41, 5.74) is 1.18. The Morgan fingerprint density at radius 3 is 2.92 bits per heavy atom. The maximum absolute atomic E-state index is 6.28. The van der Waals surface area contributed by atoms with Crippen LogP contribution >= 0.6 is 11.3 Å². The van der Waals surface area contributed by atoms with Gasteiger partial charge in [-0.05, 0) is 45.1 Å². The summed E-state index contributed by atoms with van der Waals surface area (Å²) in [5.74, 6) is 2.61. The molecule has 0 N–H and O–H groups in total. The van der Waals surface area contributed by atoms with Gasteiger partial charge in [-0.15, -0.1) is 21.5 Å². The van der Waals surface area contributed by atoms with Gasteiger partial charge >= 0.3 is 0 Å². The molecule has 5 rings (SSSR count). The molecule has 2 aromatic heterocycles. The van der Waals surface area contributed by atoms with Gasteiger partial charge in [0.05, 0.1) is 16.8 Å². The fourth-order valence-electron chi connectivity index (χ4n) is 3.88.